The van der Waals surface area contributed by atoms with Crippen LogP contribution in [-0.4, -0.2) is 54.4 Å². The SMILES string of the molecule is CCS(=O)(=O)c1ccc(CCC(=O)N2CC(c3ccccc3)C3(C2)Oc2c(C(C)C)ccc(C)c2C3=O)nc1. The second kappa shape index (κ2) is 10.2. The van der Waals surface area contributed by atoms with Crippen LogP contribution in [0, 0.1) is 6.92 Å². The van der Waals surface area contributed by atoms with E-state index < -0.39 is 15.4 Å². The van der Waals surface area contributed by atoms with E-state index in [1.54, 1.807) is 24.0 Å². The van der Waals surface area contributed by atoms with E-state index in [0.717, 1.165) is 16.7 Å². The molecule has 0 saturated carbocycles. The molecule has 7 nitrogen and oxygen atoms in total. The molecule has 1 amide bonds. The molecule has 0 N–H and O–H groups in total. The summed E-state index contributed by atoms with van der Waals surface area (Å²) in [5.74, 6) is 0.385. The van der Waals surface area contributed by atoms with Crippen molar-refractivity contribution in [1.82, 2.24) is 9.88 Å². The first-order valence-corrected chi connectivity index (χ1v) is 15.1. The summed E-state index contributed by atoms with van der Waals surface area (Å²) in [5, 5.41) is 0. The number of ketones is 1. The molecule has 1 aromatic heterocycles. The monoisotopic (exact) mass is 546 g/mol. The summed E-state index contributed by atoms with van der Waals surface area (Å²) < 4.78 is 30.8. The number of Topliss-reactive ketones (excluding diaryl/α,β-unsaturated/α-hetero) is 1. The van der Waals surface area contributed by atoms with Crippen LogP contribution in [0.3, 0.4) is 0 Å². The fourth-order valence-electron chi connectivity index (χ4n) is 5.70. The van der Waals surface area contributed by atoms with Crippen LogP contribution in [0.4, 0.5) is 0 Å². The van der Waals surface area contributed by atoms with Crippen LogP contribution < -0.4 is 4.74 Å². The lowest BCUT2D eigenvalue weighted by molar-refractivity contribution is -0.130. The number of pyridine rings is 1. The summed E-state index contributed by atoms with van der Waals surface area (Å²) in [6.45, 7) is 8.25. The molecule has 3 heterocycles. The third-order valence-electron chi connectivity index (χ3n) is 7.99. The van der Waals surface area contributed by atoms with Crippen molar-refractivity contribution in [3.8, 4) is 5.75 Å². The average Bonchev–Trinajstić information content (AvgIpc) is 3.46. The standard InChI is InChI=1S/C31H34N2O5S/c1-5-39(36,37)24-14-12-23(32-17-24)13-16-27(34)33-18-26(22-9-7-6-8-10-22)31(19-33)30(35)28-21(4)11-15-25(20(2)3)29(28)38-31/h6-12,14-15,17,20,26H,5,13,16,18-19H2,1-4H3. The van der Waals surface area contributed by atoms with E-state index in [0.29, 0.717) is 30.0 Å². The zero-order valence-electron chi connectivity index (χ0n) is 22.8. The molecule has 39 heavy (non-hydrogen) atoms. The summed E-state index contributed by atoms with van der Waals surface area (Å²) in [7, 11) is -3.33. The van der Waals surface area contributed by atoms with Gasteiger partial charge in [-0.15, -0.1) is 0 Å². The molecule has 204 valence electrons. The Morgan fingerprint density at radius 2 is 1.87 bits per heavy atom. The number of hydrogen-bond donors (Lipinski definition) is 0. The van der Waals surface area contributed by atoms with Gasteiger partial charge in [-0.05, 0) is 48.1 Å². The molecule has 2 unspecified atom stereocenters. The molecule has 2 aromatic carbocycles. The van der Waals surface area contributed by atoms with Crippen molar-refractivity contribution in [2.75, 3.05) is 18.8 Å². The van der Waals surface area contributed by atoms with Gasteiger partial charge < -0.3 is 9.64 Å². The molecule has 2 atom stereocenters. The van der Waals surface area contributed by atoms with Gasteiger partial charge in [0, 0.05) is 24.9 Å². The molecule has 5 rings (SSSR count). The van der Waals surface area contributed by atoms with Crippen LogP contribution in [-0.2, 0) is 21.1 Å². The highest BCUT2D eigenvalue weighted by molar-refractivity contribution is 7.91. The average molecular weight is 547 g/mol. The van der Waals surface area contributed by atoms with Crippen molar-refractivity contribution in [3.05, 3.63) is 88.7 Å². The second-order valence-corrected chi connectivity index (χ2v) is 13.1. The molecule has 0 bridgehead atoms. The van der Waals surface area contributed by atoms with E-state index in [4.69, 9.17) is 4.74 Å². The number of nitrogens with zero attached hydrogens (tertiary/aromatic N) is 2. The summed E-state index contributed by atoms with van der Waals surface area (Å²) in [6.07, 6.45) is 1.92. The molecule has 1 fully saturated rings. The van der Waals surface area contributed by atoms with Gasteiger partial charge in [-0.25, -0.2) is 8.42 Å². The Kier molecular flexibility index (Phi) is 7.10. The Morgan fingerprint density at radius 1 is 1.13 bits per heavy atom. The van der Waals surface area contributed by atoms with E-state index in [9.17, 15) is 18.0 Å². The number of likely N-dealkylation sites (tertiary alicyclic amines) is 1. The van der Waals surface area contributed by atoms with Gasteiger partial charge in [-0.3, -0.25) is 14.6 Å². The third-order valence-corrected chi connectivity index (χ3v) is 9.71. The van der Waals surface area contributed by atoms with Crippen LogP contribution in [0.15, 0.2) is 65.7 Å². The number of hydrogen-bond acceptors (Lipinski definition) is 6. The minimum atomic E-state index is -3.33. The lowest BCUT2D eigenvalue weighted by Crippen LogP contribution is -2.47. The fraction of sp³-hybridized carbons (Fsp3) is 0.387. The van der Waals surface area contributed by atoms with Gasteiger partial charge in [0.05, 0.1) is 28.7 Å². The maximum absolute atomic E-state index is 14.2. The highest BCUT2D eigenvalue weighted by Gasteiger charge is 2.60. The molecule has 1 spiro atoms. The Balaban J connectivity index is 1.41. The zero-order chi connectivity index (χ0) is 27.9. The minimum Gasteiger partial charge on any atom is -0.475 e. The summed E-state index contributed by atoms with van der Waals surface area (Å²) in [4.78, 5) is 33.8. The van der Waals surface area contributed by atoms with Crippen molar-refractivity contribution >= 4 is 21.5 Å². The number of rotatable bonds is 7. The van der Waals surface area contributed by atoms with E-state index in [1.165, 1.54) is 6.20 Å². The smallest absolute Gasteiger partial charge is 0.223 e. The molecule has 0 aliphatic carbocycles. The van der Waals surface area contributed by atoms with Gasteiger partial charge in [-0.2, -0.15) is 0 Å². The zero-order valence-corrected chi connectivity index (χ0v) is 23.6. The van der Waals surface area contributed by atoms with Gasteiger partial charge in [0.2, 0.25) is 11.7 Å². The first-order valence-electron chi connectivity index (χ1n) is 13.4. The summed E-state index contributed by atoms with van der Waals surface area (Å²) >= 11 is 0. The normalized spacial score (nSPS) is 20.5. The molecule has 2 aliphatic heterocycles. The van der Waals surface area contributed by atoms with E-state index >= 15 is 0 Å². The molecule has 1 saturated heterocycles. The maximum Gasteiger partial charge on any atom is 0.223 e. The van der Waals surface area contributed by atoms with E-state index in [-0.39, 0.29) is 47.1 Å². The summed E-state index contributed by atoms with van der Waals surface area (Å²) in [5.41, 5.74) is 2.94. The highest BCUT2D eigenvalue weighted by Crippen LogP contribution is 2.50. The first kappa shape index (κ1) is 27.1. The van der Waals surface area contributed by atoms with Crippen LogP contribution in [0.25, 0.3) is 0 Å². The lowest BCUT2D eigenvalue weighted by atomic mass is 9.80. The predicted octanol–water partition coefficient (Wildman–Crippen LogP) is 4.88. The number of carbonyl (C=O) groups excluding carboxylic acids is 2. The molecule has 2 aliphatic rings. The Morgan fingerprint density at radius 3 is 2.51 bits per heavy atom. The first-order chi connectivity index (χ1) is 18.6. The Labute approximate surface area is 230 Å². The van der Waals surface area contributed by atoms with Crippen molar-refractivity contribution in [2.45, 2.75) is 62.9 Å². The van der Waals surface area contributed by atoms with Crippen molar-refractivity contribution in [1.29, 1.82) is 0 Å². The number of aromatic nitrogens is 1. The van der Waals surface area contributed by atoms with Crippen molar-refractivity contribution < 1.29 is 22.7 Å². The molecule has 3 aromatic rings. The van der Waals surface area contributed by atoms with Crippen LogP contribution in [0.1, 0.15) is 71.8 Å². The highest BCUT2D eigenvalue weighted by atomic mass is 32.2. The Hall–Kier alpha value is -3.52. The Bertz CT molecular complexity index is 1520. The number of aryl methyl sites for hydroxylation is 2. The topological polar surface area (TPSA) is 93.6 Å². The number of sulfone groups is 1. The van der Waals surface area contributed by atoms with Gasteiger partial charge in [0.25, 0.3) is 0 Å². The second-order valence-electron chi connectivity index (χ2n) is 10.8. The molecule has 0 radical (unpaired) electrons. The number of amides is 1. The van der Waals surface area contributed by atoms with Crippen LogP contribution >= 0.6 is 0 Å². The maximum atomic E-state index is 14.2. The predicted molar refractivity (Wildman–Crippen MR) is 149 cm³/mol. The van der Waals surface area contributed by atoms with Gasteiger partial charge >= 0.3 is 0 Å². The van der Waals surface area contributed by atoms with Crippen LogP contribution in [0.5, 0.6) is 5.75 Å². The minimum absolute atomic E-state index is 0.00858. The van der Waals surface area contributed by atoms with Crippen molar-refractivity contribution in [3.63, 3.8) is 0 Å². The molecule has 8 heteroatoms. The largest absolute Gasteiger partial charge is 0.475 e. The van der Waals surface area contributed by atoms with Gasteiger partial charge in [0.1, 0.15) is 5.75 Å². The molecular formula is C31H34N2O5S. The van der Waals surface area contributed by atoms with E-state index in [1.807, 2.05) is 49.4 Å². The van der Waals surface area contributed by atoms with Gasteiger partial charge in [-0.1, -0.05) is 63.2 Å². The van der Waals surface area contributed by atoms with Gasteiger partial charge in [0.15, 0.2) is 15.4 Å². The number of benzene rings is 2. The van der Waals surface area contributed by atoms with E-state index in [2.05, 4.69) is 18.8 Å². The number of fused-ring (bicyclic) bond motifs is 1. The number of carbonyl (C=O) groups is 2. The number of ether oxygens (including phenoxy) is 1. The summed E-state index contributed by atoms with van der Waals surface area (Å²) in [6, 6.07) is 17.0. The lowest BCUT2D eigenvalue weighted by Gasteiger charge is -2.28. The molecular weight excluding hydrogens is 512 g/mol. The fourth-order valence-corrected chi connectivity index (χ4v) is 6.52. The van der Waals surface area contributed by atoms with Crippen molar-refractivity contribution in [2.24, 2.45) is 0 Å². The quantitative estimate of drug-likeness (QED) is 0.419. The van der Waals surface area contributed by atoms with Crippen LogP contribution in [0.2, 0.25) is 0 Å². The third kappa shape index (κ3) is 4.75.